The topological polar surface area (TPSA) is 55.4 Å². The van der Waals surface area contributed by atoms with E-state index in [1.165, 1.54) is 0 Å². The molecule has 4 rings (SSSR count). The largest absolute Gasteiger partial charge is 0.450 e. The standard InChI is InChI=1S/C21H29NO3/c1-5-16(22-13-14-9-7-6-8-10-14)19(24)25-21(4)17-11-15(12-18(21)23)20(17,2)3/h6-10,15-17,22H,5,11-13H2,1-4H3/t15?,16?,17-,21-/m1/s1. The molecule has 4 atom stereocenters. The van der Waals surface area contributed by atoms with Crippen molar-refractivity contribution in [3.05, 3.63) is 35.9 Å². The van der Waals surface area contributed by atoms with Crippen molar-refractivity contribution in [2.24, 2.45) is 17.3 Å². The van der Waals surface area contributed by atoms with Crippen molar-refractivity contribution in [2.75, 3.05) is 0 Å². The number of esters is 1. The number of hydrogen-bond donors (Lipinski definition) is 1. The average molecular weight is 343 g/mol. The van der Waals surface area contributed by atoms with Crippen LogP contribution in [0.4, 0.5) is 0 Å². The summed E-state index contributed by atoms with van der Waals surface area (Å²) < 4.78 is 5.87. The lowest BCUT2D eigenvalue weighted by Crippen LogP contribution is -2.66. The van der Waals surface area contributed by atoms with E-state index in [4.69, 9.17) is 4.74 Å². The molecule has 3 fully saturated rings. The first-order valence-corrected chi connectivity index (χ1v) is 9.32. The van der Waals surface area contributed by atoms with Gasteiger partial charge in [0.15, 0.2) is 11.4 Å². The molecule has 4 nitrogen and oxygen atoms in total. The summed E-state index contributed by atoms with van der Waals surface area (Å²) >= 11 is 0. The van der Waals surface area contributed by atoms with Gasteiger partial charge in [-0.1, -0.05) is 51.1 Å². The molecule has 4 heteroatoms. The summed E-state index contributed by atoms with van der Waals surface area (Å²) in [6.07, 6.45) is 2.14. The maximum Gasteiger partial charge on any atom is 0.324 e. The SMILES string of the molecule is CCC(NCc1ccccc1)C(=O)O[C@@]1(C)C(=O)CC2C[C@@H]1C2(C)C. The van der Waals surface area contributed by atoms with E-state index in [0.717, 1.165) is 12.0 Å². The molecule has 1 N–H and O–H groups in total. The third-order valence-electron chi connectivity index (χ3n) is 6.52. The number of ketones is 1. The maximum atomic E-state index is 12.8. The zero-order valence-electron chi connectivity index (χ0n) is 15.7. The van der Waals surface area contributed by atoms with Crippen LogP contribution in [0.15, 0.2) is 30.3 Å². The van der Waals surface area contributed by atoms with Gasteiger partial charge in [-0.15, -0.1) is 0 Å². The zero-order valence-corrected chi connectivity index (χ0v) is 15.7. The molecule has 2 bridgehead atoms. The van der Waals surface area contributed by atoms with Crippen molar-refractivity contribution in [3.8, 4) is 0 Å². The summed E-state index contributed by atoms with van der Waals surface area (Å²) in [5.41, 5.74) is 0.218. The lowest BCUT2D eigenvalue weighted by atomic mass is 9.44. The second-order valence-corrected chi connectivity index (χ2v) is 8.29. The van der Waals surface area contributed by atoms with Gasteiger partial charge in [0.05, 0.1) is 0 Å². The Morgan fingerprint density at radius 1 is 1.28 bits per heavy atom. The van der Waals surface area contributed by atoms with Gasteiger partial charge in [-0.05, 0) is 36.7 Å². The highest BCUT2D eigenvalue weighted by atomic mass is 16.6. The van der Waals surface area contributed by atoms with Gasteiger partial charge in [-0.3, -0.25) is 9.59 Å². The molecule has 0 aromatic heterocycles. The molecule has 0 saturated heterocycles. The lowest BCUT2D eigenvalue weighted by molar-refractivity contribution is -0.214. The fourth-order valence-electron chi connectivity index (χ4n) is 4.56. The summed E-state index contributed by atoms with van der Waals surface area (Å²) in [5.74, 6) is 0.339. The molecule has 3 aliphatic carbocycles. The van der Waals surface area contributed by atoms with E-state index in [0.29, 0.717) is 25.3 Å². The first-order chi connectivity index (χ1) is 11.8. The van der Waals surface area contributed by atoms with Crippen LogP contribution >= 0.6 is 0 Å². The van der Waals surface area contributed by atoms with Crippen molar-refractivity contribution in [3.63, 3.8) is 0 Å². The molecule has 3 saturated carbocycles. The van der Waals surface area contributed by atoms with Crippen molar-refractivity contribution in [1.29, 1.82) is 0 Å². The van der Waals surface area contributed by atoms with Gasteiger partial charge >= 0.3 is 5.97 Å². The molecule has 2 unspecified atom stereocenters. The van der Waals surface area contributed by atoms with Gasteiger partial charge in [-0.2, -0.15) is 0 Å². The highest BCUT2D eigenvalue weighted by molar-refractivity contribution is 5.92. The van der Waals surface area contributed by atoms with E-state index in [2.05, 4.69) is 19.2 Å². The molecule has 0 spiro atoms. The summed E-state index contributed by atoms with van der Waals surface area (Å²) in [5, 5.41) is 3.27. The van der Waals surface area contributed by atoms with Crippen LogP contribution in [-0.4, -0.2) is 23.4 Å². The average Bonchev–Trinajstić information content (AvgIpc) is 2.58. The van der Waals surface area contributed by atoms with Gasteiger partial charge in [0.1, 0.15) is 6.04 Å². The van der Waals surface area contributed by atoms with Crippen LogP contribution in [0.3, 0.4) is 0 Å². The molecule has 3 aliphatic rings. The molecular formula is C21H29NO3. The smallest absolute Gasteiger partial charge is 0.324 e. The third kappa shape index (κ3) is 3.12. The normalized spacial score (nSPS) is 31.1. The number of carbonyl (C=O) groups excluding carboxylic acids is 2. The third-order valence-corrected chi connectivity index (χ3v) is 6.52. The Hall–Kier alpha value is -1.68. The van der Waals surface area contributed by atoms with Gasteiger partial charge < -0.3 is 10.1 Å². The van der Waals surface area contributed by atoms with Crippen LogP contribution in [0.5, 0.6) is 0 Å². The summed E-state index contributed by atoms with van der Waals surface area (Å²) in [6.45, 7) is 8.76. The number of carbonyl (C=O) groups is 2. The second-order valence-electron chi connectivity index (χ2n) is 8.29. The van der Waals surface area contributed by atoms with Crippen LogP contribution in [0.1, 0.15) is 52.5 Å². The molecule has 0 heterocycles. The number of benzene rings is 1. The number of nitrogens with one attached hydrogen (secondary N) is 1. The maximum absolute atomic E-state index is 12.8. The summed E-state index contributed by atoms with van der Waals surface area (Å²) in [7, 11) is 0. The molecule has 0 aliphatic heterocycles. The van der Waals surface area contributed by atoms with Gasteiger partial charge in [0.25, 0.3) is 0 Å². The fraction of sp³-hybridized carbons (Fsp3) is 0.619. The number of hydrogen-bond acceptors (Lipinski definition) is 4. The van der Waals surface area contributed by atoms with E-state index in [-0.39, 0.29) is 23.1 Å². The minimum atomic E-state index is -0.975. The van der Waals surface area contributed by atoms with Crippen LogP contribution in [0.25, 0.3) is 0 Å². The first kappa shape index (κ1) is 18.1. The molecule has 136 valence electrons. The zero-order chi connectivity index (χ0) is 18.2. The van der Waals surface area contributed by atoms with E-state index < -0.39 is 11.6 Å². The second kappa shape index (κ2) is 6.56. The molecule has 25 heavy (non-hydrogen) atoms. The monoisotopic (exact) mass is 343 g/mol. The Kier molecular flexibility index (Phi) is 4.76. The van der Waals surface area contributed by atoms with E-state index >= 15 is 0 Å². The first-order valence-electron chi connectivity index (χ1n) is 9.32. The Balaban J connectivity index is 1.66. The molecule has 1 aromatic rings. The fourth-order valence-corrected chi connectivity index (χ4v) is 4.56. The number of rotatable bonds is 6. The van der Waals surface area contributed by atoms with E-state index in [1.807, 2.05) is 44.2 Å². The van der Waals surface area contributed by atoms with Crippen molar-refractivity contribution in [2.45, 2.75) is 65.1 Å². The Morgan fingerprint density at radius 3 is 2.56 bits per heavy atom. The molecular weight excluding hydrogens is 314 g/mol. The number of Topliss-reactive ketones (excluding diaryl/α,β-unsaturated/α-hetero) is 1. The Bertz CT molecular complexity index is 654. The quantitative estimate of drug-likeness (QED) is 0.803. The predicted molar refractivity (Wildman–Crippen MR) is 96.9 cm³/mol. The van der Waals surface area contributed by atoms with E-state index in [1.54, 1.807) is 0 Å². The van der Waals surface area contributed by atoms with Gasteiger partial charge in [0, 0.05) is 18.9 Å². The van der Waals surface area contributed by atoms with Gasteiger partial charge in [-0.25, -0.2) is 0 Å². The van der Waals surface area contributed by atoms with Crippen molar-refractivity contribution >= 4 is 11.8 Å². The minimum absolute atomic E-state index is 0.0715. The van der Waals surface area contributed by atoms with Crippen LogP contribution in [0.2, 0.25) is 0 Å². The minimum Gasteiger partial charge on any atom is -0.450 e. The van der Waals surface area contributed by atoms with Crippen LogP contribution in [0, 0.1) is 17.3 Å². The molecule has 0 amide bonds. The van der Waals surface area contributed by atoms with Crippen molar-refractivity contribution in [1.82, 2.24) is 5.32 Å². The van der Waals surface area contributed by atoms with Crippen molar-refractivity contribution < 1.29 is 14.3 Å². The molecule has 0 radical (unpaired) electrons. The Morgan fingerprint density at radius 2 is 1.96 bits per heavy atom. The van der Waals surface area contributed by atoms with Gasteiger partial charge in [0.2, 0.25) is 0 Å². The number of ether oxygens (including phenoxy) is 1. The summed E-state index contributed by atoms with van der Waals surface area (Å²) in [4.78, 5) is 25.3. The Labute approximate surface area is 150 Å². The van der Waals surface area contributed by atoms with Crippen LogP contribution in [-0.2, 0) is 20.9 Å². The predicted octanol–water partition coefficient (Wildman–Crippen LogP) is 3.49. The highest BCUT2D eigenvalue weighted by Crippen LogP contribution is 2.62. The lowest BCUT2D eigenvalue weighted by Gasteiger charge is -2.62. The molecule has 1 aromatic carbocycles. The van der Waals surface area contributed by atoms with Crippen LogP contribution < -0.4 is 5.32 Å². The van der Waals surface area contributed by atoms with E-state index in [9.17, 15) is 9.59 Å². The highest BCUT2D eigenvalue weighted by Gasteiger charge is 2.65. The summed E-state index contributed by atoms with van der Waals surface area (Å²) in [6, 6.07) is 9.58. The number of fused-ring (bicyclic) bond motifs is 2.